The fraction of sp³-hybridized carbons (Fsp3) is 0.562. The highest BCUT2D eigenvalue weighted by Crippen LogP contribution is 2.22. The van der Waals surface area contributed by atoms with E-state index in [1.54, 1.807) is 11.8 Å². The van der Waals surface area contributed by atoms with Crippen molar-refractivity contribution in [1.29, 1.82) is 0 Å². The van der Waals surface area contributed by atoms with E-state index in [1.165, 1.54) is 11.1 Å². The number of nitrogens with zero attached hydrogens (tertiary/aromatic N) is 1. The lowest BCUT2D eigenvalue weighted by Crippen LogP contribution is -2.40. The van der Waals surface area contributed by atoms with E-state index in [0.29, 0.717) is 11.8 Å². The lowest BCUT2D eigenvalue weighted by atomic mass is 10.00. The largest absolute Gasteiger partial charge is 0.337 e. The Labute approximate surface area is 120 Å². The van der Waals surface area contributed by atoms with Crippen molar-refractivity contribution in [2.45, 2.75) is 39.0 Å². The van der Waals surface area contributed by atoms with Crippen LogP contribution in [0.2, 0.25) is 0 Å². The van der Waals surface area contributed by atoms with Crippen molar-refractivity contribution in [2.75, 3.05) is 12.3 Å². The van der Waals surface area contributed by atoms with E-state index in [4.69, 9.17) is 0 Å². The third-order valence-electron chi connectivity index (χ3n) is 3.47. The monoisotopic (exact) mass is 277 g/mol. The average molecular weight is 277 g/mol. The summed E-state index contributed by atoms with van der Waals surface area (Å²) in [5, 5.41) is 0.0765. The number of thioether (sulfide) groups is 1. The molecule has 0 fully saturated rings. The van der Waals surface area contributed by atoms with Gasteiger partial charge in [0.25, 0.3) is 0 Å². The van der Waals surface area contributed by atoms with Crippen LogP contribution in [0.15, 0.2) is 24.3 Å². The molecule has 19 heavy (non-hydrogen) atoms. The maximum atomic E-state index is 12.4. The molecule has 3 heteroatoms. The molecule has 104 valence electrons. The fourth-order valence-electron chi connectivity index (χ4n) is 2.35. The first-order chi connectivity index (χ1) is 9.08. The van der Waals surface area contributed by atoms with Crippen LogP contribution in [0.25, 0.3) is 0 Å². The third-order valence-corrected chi connectivity index (χ3v) is 5.03. The minimum Gasteiger partial charge on any atom is -0.337 e. The molecule has 0 saturated heterocycles. The molecule has 0 N–H and O–H groups in total. The van der Waals surface area contributed by atoms with Crippen LogP contribution >= 0.6 is 11.8 Å². The van der Waals surface area contributed by atoms with Gasteiger partial charge < -0.3 is 4.90 Å². The van der Waals surface area contributed by atoms with Gasteiger partial charge in [-0.15, -0.1) is 11.8 Å². The molecule has 0 radical (unpaired) electrons. The number of fused-ring (bicyclic) bond motifs is 1. The Bertz CT molecular complexity index is 444. The quantitative estimate of drug-likeness (QED) is 0.841. The van der Waals surface area contributed by atoms with E-state index in [9.17, 15) is 4.79 Å². The summed E-state index contributed by atoms with van der Waals surface area (Å²) < 4.78 is 0. The van der Waals surface area contributed by atoms with Crippen molar-refractivity contribution in [1.82, 2.24) is 4.90 Å². The van der Waals surface area contributed by atoms with Crippen molar-refractivity contribution < 1.29 is 4.79 Å². The van der Waals surface area contributed by atoms with Gasteiger partial charge in [0.1, 0.15) is 0 Å². The van der Waals surface area contributed by atoms with Crippen molar-refractivity contribution in [3.8, 4) is 0 Å². The van der Waals surface area contributed by atoms with Crippen LogP contribution in [0, 0.1) is 5.92 Å². The summed E-state index contributed by atoms with van der Waals surface area (Å²) in [5.41, 5.74) is 2.71. The molecular formula is C16H23NOS. The van der Waals surface area contributed by atoms with Crippen molar-refractivity contribution in [3.63, 3.8) is 0 Å². The average Bonchev–Trinajstić information content (AvgIpc) is 2.43. The predicted molar refractivity (Wildman–Crippen MR) is 82.3 cm³/mol. The van der Waals surface area contributed by atoms with E-state index in [-0.39, 0.29) is 5.25 Å². The summed E-state index contributed by atoms with van der Waals surface area (Å²) in [6.07, 6.45) is 0.990. The second kappa shape index (κ2) is 6.47. The van der Waals surface area contributed by atoms with Gasteiger partial charge in [0, 0.05) is 13.1 Å². The van der Waals surface area contributed by atoms with Gasteiger partial charge in [-0.25, -0.2) is 0 Å². The van der Waals surface area contributed by atoms with Gasteiger partial charge in [-0.1, -0.05) is 38.1 Å². The summed E-state index contributed by atoms with van der Waals surface area (Å²) in [7, 11) is 0. The maximum Gasteiger partial charge on any atom is 0.235 e. The molecule has 1 amide bonds. The van der Waals surface area contributed by atoms with Gasteiger partial charge in [-0.2, -0.15) is 0 Å². The minimum absolute atomic E-state index is 0.0765. The Kier molecular flexibility index (Phi) is 4.92. The lowest BCUT2D eigenvalue weighted by molar-refractivity contribution is -0.131. The maximum absolute atomic E-state index is 12.4. The van der Waals surface area contributed by atoms with Crippen molar-refractivity contribution in [2.24, 2.45) is 5.92 Å². The summed E-state index contributed by atoms with van der Waals surface area (Å²) >= 11 is 1.78. The van der Waals surface area contributed by atoms with Crippen LogP contribution in [0.3, 0.4) is 0 Å². The molecule has 0 aromatic heterocycles. The Morgan fingerprint density at radius 3 is 2.63 bits per heavy atom. The summed E-state index contributed by atoms with van der Waals surface area (Å²) in [6.45, 7) is 8.07. The standard InChI is InChI=1S/C16H23NOS/c1-12(2)11-19-13(3)16(18)17-9-8-14-6-4-5-7-15(14)10-17/h4-7,12-13H,8-11H2,1-3H3. The van der Waals surface area contributed by atoms with Crippen LogP contribution in [0.1, 0.15) is 31.9 Å². The Hall–Kier alpha value is -0.960. The molecule has 1 heterocycles. The van der Waals surface area contributed by atoms with Crippen molar-refractivity contribution in [3.05, 3.63) is 35.4 Å². The summed E-state index contributed by atoms with van der Waals surface area (Å²) in [6, 6.07) is 8.45. The van der Waals surface area contributed by atoms with Crippen molar-refractivity contribution >= 4 is 17.7 Å². The molecule has 0 spiro atoms. The number of hydrogen-bond donors (Lipinski definition) is 0. The van der Waals surface area contributed by atoms with Crippen LogP contribution in [0.5, 0.6) is 0 Å². The fourth-order valence-corrected chi connectivity index (χ4v) is 3.31. The van der Waals surface area contributed by atoms with E-state index in [2.05, 4.69) is 38.1 Å². The van der Waals surface area contributed by atoms with Crippen LogP contribution in [0.4, 0.5) is 0 Å². The summed E-state index contributed by atoms with van der Waals surface area (Å²) in [5.74, 6) is 1.99. The Morgan fingerprint density at radius 1 is 1.26 bits per heavy atom. The van der Waals surface area contributed by atoms with Gasteiger partial charge in [0.05, 0.1) is 5.25 Å². The summed E-state index contributed by atoms with van der Waals surface area (Å²) in [4.78, 5) is 14.4. The first kappa shape index (κ1) is 14.4. The van der Waals surface area contributed by atoms with Crippen LogP contribution in [-0.4, -0.2) is 28.4 Å². The molecule has 2 nitrogen and oxygen atoms in total. The molecule has 0 saturated carbocycles. The minimum atomic E-state index is 0.0765. The zero-order valence-electron chi connectivity index (χ0n) is 12.1. The molecule has 1 aromatic carbocycles. The highest BCUT2D eigenvalue weighted by molar-refractivity contribution is 8.00. The SMILES string of the molecule is CC(C)CSC(C)C(=O)N1CCc2ccccc2C1. The number of hydrogen-bond acceptors (Lipinski definition) is 2. The van der Waals surface area contributed by atoms with Gasteiger partial charge >= 0.3 is 0 Å². The topological polar surface area (TPSA) is 20.3 Å². The number of carbonyl (C=O) groups excluding carboxylic acids is 1. The molecule has 1 aliphatic rings. The molecule has 1 atom stereocenters. The normalized spacial score (nSPS) is 16.3. The first-order valence-corrected chi connectivity index (χ1v) is 8.10. The second-order valence-electron chi connectivity index (χ2n) is 5.65. The van der Waals surface area contributed by atoms with Gasteiger partial charge in [0.2, 0.25) is 5.91 Å². The molecule has 0 aliphatic carbocycles. The Balaban J connectivity index is 1.95. The third kappa shape index (κ3) is 3.75. The molecule has 2 rings (SSSR count). The van der Waals surface area contributed by atoms with E-state index < -0.39 is 0 Å². The van der Waals surface area contributed by atoms with Crippen LogP contribution < -0.4 is 0 Å². The highest BCUT2D eigenvalue weighted by atomic mass is 32.2. The van der Waals surface area contributed by atoms with Gasteiger partial charge in [0.15, 0.2) is 0 Å². The van der Waals surface area contributed by atoms with E-state index >= 15 is 0 Å². The molecule has 1 aliphatic heterocycles. The lowest BCUT2D eigenvalue weighted by Gasteiger charge is -2.31. The number of benzene rings is 1. The van der Waals surface area contributed by atoms with Gasteiger partial charge in [-0.3, -0.25) is 4.79 Å². The first-order valence-electron chi connectivity index (χ1n) is 7.05. The van der Waals surface area contributed by atoms with E-state index in [1.807, 2.05) is 11.8 Å². The van der Waals surface area contributed by atoms with Crippen LogP contribution in [-0.2, 0) is 17.8 Å². The van der Waals surface area contributed by atoms with E-state index in [0.717, 1.165) is 25.3 Å². The molecule has 0 bridgehead atoms. The predicted octanol–water partition coefficient (Wildman–Crippen LogP) is 3.35. The number of amides is 1. The zero-order valence-corrected chi connectivity index (χ0v) is 12.9. The smallest absolute Gasteiger partial charge is 0.235 e. The molecule has 1 unspecified atom stereocenters. The molecule has 1 aromatic rings. The zero-order chi connectivity index (χ0) is 13.8. The molecular weight excluding hydrogens is 254 g/mol. The van der Waals surface area contributed by atoms with Gasteiger partial charge in [-0.05, 0) is 36.1 Å². The number of carbonyl (C=O) groups is 1. The number of rotatable bonds is 4. The second-order valence-corrected chi connectivity index (χ2v) is 7.02. The Morgan fingerprint density at radius 2 is 1.95 bits per heavy atom. The highest BCUT2D eigenvalue weighted by Gasteiger charge is 2.24.